The van der Waals surface area contributed by atoms with Gasteiger partial charge < -0.3 is 9.84 Å². The van der Waals surface area contributed by atoms with Crippen molar-refractivity contribution in [2.45, 2.75) is 37.9 Å². The summed E-state index contributed by atoms with van der Waals surface area (Å²) in [5, 5.41) is 9.01. The SMILES string of the molecule is CCOCC(NS(=O)(=O)c1cc(C)c(C(=O)O)s1)C(C)C. The van der Waals surface area contributed by atoms with Crippen LogP contribution in [0.3, 0.4) is 0 Å². The van der Waals surface area contributed by atoms with E-state index in [1.54, 1.807) is 6.92 Å². The first-order valence-electron chi connectivity index (χ1n) is 6.62. The second-order valence-electron chi connectivity index (χ2n) is 5.01. The first-order chi connectivity index (χ1) is 9.69. The van der Waals surface area contributed by atoms with Crippen molar-refractivity contribution in [1.29, 1.82) is 0 Å². The third-order valence-electron chi connectivity index (χ3n) is 2.97. The van der Waals surface area contributed by atoms with Crippen molar-refractivity contribution in [2.75, 3.05) is 13.2 Å². The molecule has 0 radical (unpaired) electrons. The van der Waals surface area contributed by atoms with Gasteiger partial charge in [-0.3, -0.25) is 0 Å². The third kappa shape index (κ3) is 4.77. The molecule has 0 aliphatic carbocycles. The lowest BCUT2D eigenvalue weighted by atomic mass is 10.1. The number of aryl methyl sites for hydroxylation is 1. The molecule has 21 heavy (non-hydrogen) atoms. The second-order valence-corrected chi connectivity index (χ2v) is 8.01. The highest BCUT2D eigenvalue weighted by Gasteiger charge is 2.26. The Bertz CT molecular complexity index is 592. The summed E-state index contributed by atoms with van der Waals surface area (Å²) in [4.78, 5) is 11.1. The molecule has 0 fully saturated rings. The van der Waals surface area contributed by atoms with E-state index in [9.17, 15) is 13.2 Å². The smallest absolute Gasteiger partial charge is 0.346 e. The van der Waals surface area contributed by atoms with E-state index in [4.69, 9.17) is 9.84 Å². The first kappa shape index (κ1) is 18.1. The maximum atomic E-state index is 12.3. The fourth-order valence-corrected chi connectivity index (χ4v) is 4.43. The molecular formula is C13H21NO5S2. The Hall–Kier alpha value is -0.960. The topological polar surface area (TPSA) is 92.7 Å². The predicted octanol–water partition coefficient (Wildman–Crippen LogP) is 2.09. The number of carboxylic acid groups (broad SMARTS) is 1. The molecule has 120 valence electrons. The Morgan fingerprint density at radius 1 is 1.48 bits per heavy atom. The number of sulfonamides is 1. The first-order valence-corrected chi connectivity index (χ1v) is 8.92. The molecule has 2 N–H and O–H groups in total. The van der Waals surface area contributed by atoms with Gasteiger partial charge in [-0.1, -0.05) is 13.8 Å². The molecule has 0 amide bonds. The van der Waals surface area contributed by atoms with E-state index < -0.39 is 16.0 Å². The Labute approximate surface area is 129 Å². The van der Waals surface area contributed by atoms with Crippen molar-refractivity contribution in [3.63, 3.8) is 0 Å². The third-order valence-corrected chi connectivity index (χ3v) is 6.16. The van der Waals surface area contributed by atoms with Gasteiger partial charge in [0.15, 0.2) is 0 Å². The quantitative estimate of drug-likeness (QED) is 0.759. The minimum atomic E-state index is -3.74. The van der Waals surface area contributed by atoms with Gasteiger partial charge in [-0.2, -0.15) is 0 Å². The maximum Gasteiger partial charge on any atom is 0.346 e. The van der Waals surface area contributed by atoms with Crippen LogP contribution < -0.4 is 4.72 Å². The molecule has 8 heteroatoms. The Balaban J connectivity index is 2.99. The van der Waals surface area contributed by atoms with Crippen molar-refractivity contribution >= 4 is 27.3 Å². The summed E-state index contributed by atoms with van der Waals surface area (Å²) in [6.07, 6.45) is 0. The number of thiophene rings is 1. The molecule has 1 heterocycles. The van der Waals surface area contributed by atoms with Crippen molar-refractivity contribution in [1.82, 2.24) is 4.72 Å². The predicted molar refractivity (Wildman–Crippen MR) is 81.5 cm³/mol. The molecule has 0 bridgehead atoms. The van der Waals surface area contributed by atoms with Gasteiger partial charge in [0.2, 0.25) is 10.0 Å². The van der Waals surface area contributed by atoms with E-state index in [2.05, 4.69) is 4.72 Å². The van der Waals surface area contributed by atoms with E-state index >= 15 is 0 Å². The highest BCUT2D eigenvalue weighted by molar-refractivity contribution is 7.91. The van der Waals surface area contributed by atoms with Crippen molar-refractivity contribution in [2.24, 2.45) is 5.92 Å². The average molecular weight is 335 g/mol. The number of hydrogen-bond acceptors (Lipinski definition) is 5. The summed E-state index contributed by atoms with van der Waals surface area (Å²) in [5.41, 5.74) is 0.443. The van der Waals surface area contributed by atoms with Crippen LogP contribution in [-0.4, -0.2) is 38.7 Å². The van der Waals surface area contributed by atoms with Gasteiger partial charge in [0.25, 0.3) is 0 Å². The Morgan fingerprint density at radius 2 is 2.10 bits per heavy atom. The molecule has 0 saturated carbocycles. The van der Waals surface area contributed by atoms with E-state index in [1.807, 2.05) is 20.8 Å². The van der Waals surface area contributed by atoms with E-state index in [0.717, 1.165) is 11.3 Å². The van der Waals surface area contributed by atoms with Gasteiger partial charge in [0.05, 0.1) is 6.61 Å². The van der Waals surface area contributed by atoms with Gasteiger partial charge in [-0.05, 0) is 31.4 Å². The zero-order valence-electron chi connectivity index (χ0n) is 12.5. The molecule has 0 saturated heterocycles. The van der Waals surface area contributed by atoms with Crippen LogP contribution in [0.15, 0.2) is 10.3 Å². The molecule has 1 atom stereocenters. The molecule has 0 aliphatic heterocycles. The number of aromatic carboxylic acids is 1. The number of hydrogen-bond donors (Lipinski definition) is 2. The molecular weight excluding hydrogens is 314 g/mol. The molecule has 0 spiro atoms. The summed E-state index contributed by atoms with van der Waals surface area (Å²) in [7, 11) is -3.74. The summed E-state index contributed by atoms with van der Waals surface area (Å²) in [5.74, 6) is -1.06. The fourth-order valence-electron chi connectivity index (χ4n) is 1.66. The monoisotopic (exact) mass is 335 g/mol. The van der Waals surface area contributed by atoms with Crippen LogP contribution in [0, 0.1) is 12.8 Å². The zero-order chi connectivity index (χ0) is 16.2. The van der Waals surface area contributed by atoms with Crippen LogP contribution in [0.25, 0.3) is 0 Å². The van der Waals surface area contributed by atoms with Crippen LogP contribution in [0.5, 0.6) is 0 Å². The van der Waals surface area contributed by atoms with E-state index in [-0.39, 0.29) is 27.7 Å². The molecule has 6 nitrogen and oxygen atoms in total. The molecule has 1 rings (SSSR count). The summed E-state index contributed by atoms with van der Waals surface area (Å²) >= 11 is 0.761. The van der Waals surface area contributed by atoms with Crippen LogP contribution >= 0.6 is 11.3 Å². The molecule has 1 unspecified atom stereocenters. The van der Waals surface area contributed by atoms with Gasteiger partial charge in [0, 0.05) is 12.6 Å². The summed E-state index contributed by atoms with van der Waals surface area (Å²) in [6, 6.07) is 1.03. The lowest BCUT2D eigenvalue weighted by Gasteiger charge is -2.21. The molecule has 0 aliphatic rings. The minimum absolute atomic E-state index is 0.0135. The van der Waals surface area contributed by atoms with Crippen LogP contribution in [0.2, 0.25) is 0 Å². The van der Waals surface area contributed by atoms with Crippen LogP contribution in [0.4, 0.5) is 0 Å². The summed E-state index contributed by atoms with van der Waals surface area (Å²) in [6.45, 7) is 8.01. The molecule has 1 aromatic heterocycles. The highest BCUT2D eigenvalue weighted by Crippen LogP contribution is 2.26. The van der Waals surface area contributed by atoms with Gasteiger partial charge in [-0.25, -0.2) is 17.9 Å². The standard InChI is InChI=1S/C13H21NO5S2/c1-5-19-7-10(8(2)3)14-21(17,18)11-6-9(4)12(20-11)13(15)16/h6,8,10,14H,5,7H2,1-4H3,(H,15,16). The largest absolute Gasteiger partial charge is 0.477 e. The maximum absolute atomic E-state index is 12.3. The number of nitrogens with one attached hydrogen (secondary N) is 1. The molecule has 1 aromatic rings. The zero-order valence-corrected chi connectivity index (χ0v) is 14.2. The Kier molecular flexibility index (Phi) is 6.33. The number of carbonyl (C=O) groups is 1. The second kappa shape index (κ2) is 7.35. The van der Waals surface area contributed by atoms with Crippen molar-refractivity contribution in [3.05, 3.63) is 16.5 Å². The lowest BCUT2D eigenvalue weighted by molar-refractivity contribution is 0.0701. The summed E-state index contributed by atoms with van der Waals surface area (Å²) < 4.78 is 32.6. The van der Waals surface area contributed by atoms with E-state index in [0.29, 0.717) is 12.2 Å². The number of carboxylic acids is 1. The fraction of sp³-hybridized carbons (Fsp3) is 0.615. The number of ether oxygens (including phenoxy) is 1. The van der Waals surface area contributed by atoms with Gasteiger partial charge >= 0.3 is 5.97 Å². The van der Waals surface area contributed by atoms with Gasteiger partial charge in [-0.15, -0.1) is 11.3 Å². The van der Waals surface area contributed by atoms with Crippen molar-refractivity contribution < 1.29 is 23.1 Å². The average Bonchev–Trinajstić information content (AvgIpc) is 2.77. The molecule has 0 aromatic carbocycles. The lowest BCUT2D eigenvalue weighted by Crippen LogP contribution is -2.41. The van der Waals surface area contributed by atoms with Crippen LogP contribution in [-0.2, 0) is 14.8 Å². The van der Waals surface area contributed by atoms with Crippen LogP contribution in [0.1, 0.15) is 36.0 Å². The van der Waals surface area contributed by atoms with E-state index in [1.165, 1.54) is 6.07 Å². The van der Waals surface area contributed by atoms with Crippen molar-refractivity contribution in [3.8, 4) is 0 Å². The normalized spacial score (nSPS) is 13.6. The van der Waals surface area contributed by atoms with Gasteiger partial charge in [0.1, 0.15) is 9.09 Å². The highest BCUT2D eigenvalue weighted by atomic mass is 32.2. The Morgan fingerprint density at radius 3 is 2.52 bits per heavy atom. The minimum Gasteiger partial charge on any atom is -0.477 e. The number of rotatable bonds is 8.